The lowest BCUT2D eigenvalue weighted by atomic mass is 9.79. The topological polar surface area (TPSA) is 66.5 Å². The number of piperidine rings is 1. The van der Waals surface area contributed by atoms with Crippen LogP contribution >= 0.6 is 0 Å². The lowest BCUT2D eigenvalue weighted by Gasteiger charge is -2.42. The van der Waals surface area contributed by atoms with E-state index < -0.39 is 5.60 Å². The number of aromatic nitrogens is 4. The Labute approximate surface area is 130 Å². The third kappa shape index (κ3) is 2.50. The summed E-state index contributed by atoms with van der Waals surface area (Å²) in [5.41, 5.74) is 1.40. The van der Waals surface area contributed by atoms with Crippen molar-refractivity contribution < 1.29 is 5.11 Å². The van der Waals surface area contributed by atoms with Crippen LogP contribution in [0.1, 0.15) is 49.5 Å². The number of fused-ring (bicyclic) bond motifs is 1. The predicted octanol–water partition coefficient (Wildman–Crippen LogP) is 1.53. The van der Waals surface area contributed by atoms with E-state index in [1.54, 1.807) is 0 Å². The summed E-state index contributed by atoms with van der Waals surface area (Å²) in [5.74, 6) is 1.40. The number of β-amino-alcohol motifs (C(OH)–C–C–N with tert-alkyl or cyclic N) is 1. The van der Waals surface area contributed by atoms with Crippen molar-refractivity contribution in [1.29, 1.82) is 0 Å². The molecule has 0 radical (unpaired) electrons. The van der Waals surface area contributed by atoms with Crippen molar-refractivity contribution >= 4 is 5.65 Å². The predicted molar refractivity (Wildman–Crippen MR) is 82.7 cm³/mol. The molecule has 0 aromatic carbocycles. The molecule has 6 heteroatoms. The molecule has 22 heavy (non-hydrogen) atoms. The van der Waals surface area contributed by atoms with Crippen LogP contribution in [-0.4, -0.2) is 55.1 Å². The highest BCUT2D eigenvalue weighted by molar-refractivity contribution is 5.36. The Morgan fingerprint density at radius 3 is 2.68 bits per heavy atom. The van der Waals surface area contributed by atoms with Crippen molar-refractivity contribution in [3.8, 4) is 0 Å². The van der Waals surface area contributed by atoms with Crippen LogP contribution in [0, 0.1) is 6.92 Å². The number of nitrogens with zero attached hydrogens (tertiary/aromatic N) is 5. The normalized spacial score (nSPS) is 22.8. The van der Waals surface area contributed by atoms with E-state index in [2.05, 4.69) is 20.2 Å². The zero-order valence-electron chi connectivity index (χ0n) is 13.1. The van der Waals surface area contributed by atoms with E-state index in [-0.39, 0.29) is 0 Å². The maximum atomic E-state index is 10.3. The molecule has 1 N–H and O–H groups in total. The fourth-order valence-corrected chi connectivity index (χ4v) is 3.66. The monoisotopic (exact) mass is 301 g/mol. The highest BCUT2D eigenvalue weighted by Gasteiger charge is 2.37. The van der Waals surface area contributed by atoms with Crippen LogP contribution in [0.2, 0.25) is 0 Å². The highest BCUT2D eigenvalue weighted by Crippen LogP contribution is 2.34. The molecule has 118 valence electrons. The zero-order chi connectivity index (χ0) is 15.2. The first-order chi connectivity index (χ1) is 10.6. The van der Waals surface area contributed by atoms with Gasteiger partial charge in [0.05, 0.1) is 11.3 Å². The minimum Gasteiger partial charge on any atom is -0.389 e. The van der Waals surface area contributed by atoms with Crippen molar-refractivity contribution in [2.75, 3.05) is 19.6 Å². The molecular formula is C16H23N5O. The molecule has 1 saturated heterocycles. The lowest BCUT2D eigenvalue weighted by molar-refractivity contribution is -0.0623. The SMILES string of the molecule is Cc1ccc2nnc(C3CCN(CC4(O)CCC4)CC3)n2n1. The van der Waals surface area contributed by atoms with Gasteiger partial charge in [-0.15, -0.1) is 10.2 Å². The van der Waals surface area contributed by atoms with E-state index in [1.807, 2.05) is 23.6 Å². The molecule has 2 aliphatic rings. The van der Waals surface area contributed by atoms with Crippen molar-refractivity contribution in [2.24, 2.45) is 0 Å². The Hall–Kier alpha value is -1.53. The summed E-state index contributed by atoms with van der Waals surface area (Å²) in [6.45, 7) is 4.87. The number of hydrogen-bond acceptors (Lipinski definition) is 5. The van der Waals surface area contributed by atoms with E-state index in [4.69, 9.17) is 0 Å². The van der Waals surface area contributed by atoms with E-state index in [9.17, 15) is 5.11 Å². The number of aryl methyl sites for hydroxylation is 1. The number of hydrogen-bond donors (Lipinski definition) is 1. The first-order valence-electron chi connectivity index (χ1n) is 8.27. The molecule has 0 unspecified atom stereocenters. The third-order valence-electron chi connectivity index (χ3n) is 5.18. The van der Waals surface area contributed by atoms with Crippen LogP contribution < -0.4 is 0 Å². The summed E-state index contributed by atoms with van der Waals surface area (Å²) in [7, 11) is 0. The summed E-state index contributed by atoms with van der Waals surface area (Å²) < 4.78 is 1.90. The van der Waals surface area contributed by atoms with E-state index >= 15 is 0 Å². The lowest BCUT2D eigenvalue weighted by Crippen LogP contribution is -2.49. The molecule has 2 aromatic heterocycles. The van der Waals surface area contributed by atoms with Crippen LogP contribution in [0.4, 0.5) is 0 Å². The van der Waals surface area contributed by atoms with Gasteiger partial charge >= 0.3 is 0 Å². The van der Waals surface area contributed by atoms with Crippen LogP contribution in [0.25, 0.3) is 5.65 Å². The molecule has 0 bridgehead atoms. The number of likely N-dealkylation sites (tertiary alicyclic amines) is 1. The van der Waals surface area contributed by atoms with E-state index in [0.29, 0.717) is 5.92 Å². The molecule has 4 rings (SSSR count). The first kappa shape index (κ1) is 14.1. The Bertz CT molecular complexity index is 670. The molecule has 3 heterocycles. The second-order valence-corrected chi connectivity index (χ2v) is 6.93. The van der Waals surface area contributed by atoms with Gasteiger partial charge < -0.3 is 10.0 Å². The van der Waals surface area contributed by atoms with Gasteiger partial charge in [-0.1, -0.05) is 0 Å². The molecule has 1 saturated carbocycles. The van der Waals surface area contributed by atoms with E-state index in [1.165, 1.54) is 6.42 Å². The van der Waals surface area contributed by atoms with Gasteiger partial charge in [0, 0.05) is 12.5 Å². The quantitative estimate of drug-likeness (QED) is 0.931. The summed E-state index contributed by atoms with van der Waals surface area (Å²) >= 11 is 0. The average molecular weight is 301 g/mol. The first-order valence-corrected chi connectivity index (χ1v) is 8.27. The van der Waals surface area contributed by atoms with Crippen LogP contribution in [0.3, 0.4) is 0 Å². The Morgan fingerprint density at radius 1 is 1.23 bits per heavy atom. The Balaban J connectivity index is 1.45. The standard InChI is InChI=1S/C16H23N5O/c1-12-3-4-14-17-18-15(21(14)19-12)13-5-9-20(10-6-13)11-16(22)7-2-8-16/h3-4,13,22H,2,5-11H2,1H3. The van der Waals surface area contributed by atoms with Gasteiger partial charge in [-0.25, -0.2) is 0 Å². The van der Waals surface area contributed by atoms with Gasteiger partial charge in [-0.05, 0) is 64.3 Å². The summed E-state index contributed by atoms with van der Waals surface area (Å²) in [6, 6.07) is 3.94. The van der Waals surface area contributed by atoms with Gasteiger partial charge in [0.1, 0.15) is 0 Å². The molecule has 0 amide bonds. The van der Waals surface area contributed by atoms with Gasteiger partial charge in [-0.2, -0.15) is 9.61 Å². The molecule has 1 aliphatic carbocycles. The van der Waals surface area contributed by atoms with Crippen molar-refractivity contribution in [3.63, 3.8) is 0 Å². The molecule has 0 atom stereocenters. The Morgan fingerprint density at radius 2 is 2.00 bits per heavy atom. The molecule has 6 nitrogen and oxygen atoms in total. The second-order valence-electron chi connectivity index (χ2n) is 6.93. The fourth-order valence-electron chi connectivity index (χ4n) is 3.66. The van der Waals surface area contributed by atoms with Crippen LogP contribution in [0.15, 0.2) is 12.1 Å². The molecule has 2 aromatic rings. The smallest absolute Gasteiger partial charge is 0.177 e. The van der Waals surface area contributed by atoms with Crippen molar-refractivity contribution in [1.82, 2.24) is 24.7 Å². The molecule has 2 fully saturated rings. The van der Waals surface area contributed by atoms with Crippen molar-refractivity contribution in [2.45, 2.75) is 50.5 Å². The minimum absolute atomic E-state index is 0.410. The summed E-state index contributed by atoms with van der Waals surface area (Å²) in [5, 5.41) is 23.5. The van der Waals surface area contributed by atoms with Gasteiger partial charge in [0.2, 0.25) is 0 Å². The third-order valence-corrected chi connectivity index (χ3v) is 5.18. The Kier molecular flexibility index (Phi) is 3.38. The maximum absolute atomic E-state index is 10.3. The molecule has 1 aliphatic heterocycles. The maximum Gasteiger partial charge on any atom is 0.177 e. The highest BCUT2D eigenvalue weighted by atomic mass is 16.3. The van der Waals surface area contributed by atoms with Crippen molar-refractivity contribution in [3.05, 3.63) is 23.7 Å². The minimum atomic E-state index is -0.410. The summed E-state index contributed by atoms with van der Waals surface area (Å²) in [4.78, 5) is 2.40. The second kappa shape index (κ2) is 5.28. The van der Waals surface area contributed by atoms with E-state index in [0.717, 1.165) is 62.5 Å². The fraction of sp³-hybridized carbons (Fsp3) is 0.688. The number of aliphatic hydroxyl groups is 1. The van der Waals surface area contributed by atoms with Gasteiger partial charge in [0.25, 0.3) is 0 Å². The van der Waals surface area contributed by atoms with Gasteiger partial charge in [0.15, 0.2) is 11.5 Å². The molecular weight excluding hydrogens is 278 g/mol. The average Bonchev–Trinajstić information content (AvgIpc) is 2.89. The zero-order valence-corrected chi connectivity index (χ0v) is 13.1. The summed E-state index contributed by atoms with van der Waals surface area (Å²) in [6.07, 6.45) is 5.22. The molecule has 0 spiro atoms. The van der Waals surface area contributed by atoms with Crippen LogP contribution in [-0.2, 0) is 0 Å². The van der Waals surface area contributed by atoms with Crippen LogP contribution in [0.5, 0.6) is 0 Å². The van der Waals surface area contributed by atoms with Gasteiger partial charge in [-0.3, -0.25) is 0 Å². The largest absolute Gasteiger partial charge is 0.389 e. The number of rotatable bonds is 3.